The highest BCUT2D eigenvalue weighted by molar-refractivity contribution is 5.93. The number of amides is 6. The van der Waals surface area contributed by atoms with Crippen LogP contribution in [0.1, 0.15) is 69.2 Å². The molecule has 0 saturated heterocycles. The Hall–Kier alpha value is -6.91. The minimum atomic E-state index is -1.79. The number of carbonyl (C=O) groups is 7. The molecule has 0 unspecified atom stereocenters. The summed E-state index contributed by atoms with van der Waals surface area (Å²) >= 11 is 0. The number of aliphatic hydroxyl groups excluding tert-OH is 2. The van der Waals surface area contributed by atoms with Crippen molar-refractivity contribution in [3.8, 4) is 0 Å². The Morgan fingerprint density at radius 3 is 1.16 bits per heavy atom. The van der Waals surface area contributed by atoms with Crippen LogP contribution in [-0.2, 0) is 59.2 Å². The van der Waals surface area contributed by atoms with Gasteiger partial charge in [0, 0.05) is 33.1 Å². The number of aliphatic carboxylic acids is 1. The van der Waals surface area contributed by atoms with E-state index < -0.39 is 102 Å². The first-order chi connectivity index (χ1) is 32.0. The molecular weight excluding hydrogens is 857 g/mol. The van der Waals surface area contributed by atoms with E-state index in [0.29, 0.717) is 17.5 Å². The zero-order chi connectivity index (χ0) is 48.9. The van der Waals surface area contributed by atoms with Crippen LogP contribution in [0, 0.1) is 5.92 Å². The van der Waals surface area contributed by atoms with E-state index in [1.807, 2.05) is 37.3 Å². The maximum absolute atomic E-state index is 14.4. The van der Waals surface area contributed by atoms with Crippen molar-refractivity contribution in [1.29, 1.82) is 0 Å². The van der Waals surface area contributed by atoms with Crippen molar-refractivity contribution < 1.29 is 48.9 Å². The van der Waals surface area contributed by atoms with Gasteiger partial charge in [-0.15, -0.1) is 0 Å². The Labute approximate surface area is 391 Å². The number of carboxylic acids is 1. The molecule has 9 atom stereocenters. The van der Waals surface area contributed by atoms with Gasteiger partial charge in [-0.05, 0) is 47.4 Å². The van der Waals surface area contributed by atoms with Crippen molar-refractivity contribution in [3.63, 3.8) is 0 Å². The van der Waals surface area contributed by atoms with E-state index in [4.69, 9.17) is 0 Å². The Morgan fingerprint density at radius 2 is 0.806 bits per heavy atom. The number of hydrogen-bond acceptors (Lipinski definition) is 9. The number of hydrogen-bond donors (Lipinski definition) is 9. The molecule has 4 aromatic carbocycles. The van der Waals surface area contributed by atoms with Crippen LogP contribution in [0.5, 0.6) is 0 Å². The number of aliphatic hydroxyl groups is 2. The zero-order valence-corrected chi connectivity index (χ0v) is 38.4. The van der Waals surface area contributed by atoms with E-state index in [-0.39, 0.29) is 32.1 Å². The van der Waals surface area contributed by atoms with Crippen LogP contribution in [0.2, 0.25) is 0 Å². The number of benzene rings is 4. The number of carboxylic acid groups (broad SMARTS) is 1. The lowest BCUT2D eigenvalue weighted by atomic mass is 9.90. The van der Waals surface area contributed by atoms with E-state index in [9.17, 15) is 48.9 Å². The van der Waals surface area contributed by atoms with Gasteiger partial charge in [-0.2, -0.15) is 0 Å². The lowest BCUT2D eigenvalue weighted by Crippen LogP contribution is -2.62. The first-order valence-corrected chi connectivity index (χ1v) is 22.5. The zero-order valence-electron chi connectivity index (χ0n) is 38.4. The maximum Gasteiger partial charge on any atom is 0.303 e. The Morgan fingerprint density at radius 1 is 0.463 bits per heavy atom. The Bertz CT molecular complexity index is 2220. The third kappa shape index (κ3) is 17.8. The third-order valence-electron chi connectivity index (χ3n) is 11.5. The summed E-state index contributed by atoms with van der Waals surface area (Å²) in [7, 11) is 0. The van der Waals surface area contributed by atoms with Crippen molar-refractivity contribution in [2.45, 2.75) is 121 Å². The molecule has 9 N–H and O–H groups in total. The molecule has 4 aromatic rings. The molecule has 0 radical (unpaired) electrons. The van der Waals surface area contributed by atoms with Gasteiger partial charge in [0.15, 0.2) is 0 Å². The number of rotatable bonds is 26. The largest absolute Gasteiger partial charge is 0.481 e. The average Bonchev–Trinajstić information content (AvgIpc) is 3.31. The van der Waals surface area contributed by atoms with Gasteiger partial charge in [-0.25, -0.2) is 0 Å². The summed E-state index contributed by atoms with van der Waals surface area (Å²) in [6, 6.07) is 28.4. The molecule has 0 heterocycles. The second-order valence-corrected chi connectivity index (χ2v) is 16.8. The molecule has 0 aromatic heterocycles. The molecule has 67 heavy (non-hydrogen) atoms. The van der Waals surface area contributed by atoms with Gasteiger partial charge < -0.3 is 47.2 Å². The lowest BCUT2D eigenvalue weighted by molar-refractivity contribution is -0.138. The second kappa shape index (κ2) is 26.9. The van der Waals surface area contributed by atoms with Crippen LogP contribution < -0.4 is 31.9 Å². The molecule has 0 bridgehead atoms. The van der Waals surface area contributed by atoms with Gasteiger partial charge >= 0.3 is 5.97 Å². The van der Waals surface area contributed by atoms with Gasteiger partial charge in [0.1, 0.15) is 36.4 Å². The van der Waals surface area contributed by atoms with Gasteiger partial charge in [0.25, 0.3) is 0 Å². The predicted molar refractivity (Wildman–Crippen MR) is 252 cm³/mol. The highest BCUT2D eigenvalue weighted by atomic mass is 16.4. The fraction of sp³-hybridized carbons (Fsp3) is 0.392. The number of nitrogens with one attached hydrogen (secondary N) is 6. The highest BCUT2D eigenvalue weighted by Crippen LogP contribution is 2.18. The summed E-state index contributed by atoms with van der Waals surface area (Å²) in [6.45, 7) is 6.16. The van der Waals surface area contributed by atoms with Gasteiger partial charge in [0.05, 0.1) is 12.1 Å². The van der Waals surface area contributed by atoms with Gasteiger partial charge in [0.2, 0.25) is 35.4 Å². The first kappa shape index (κ1) is 52.7. The molecule has 0 aliphatic rings. The Kier molecular flexibility index (Phi) is 21.2. The van der Waals surface area contributed by atoms with Crippen molar-refractivity contribution >= 4 is 41.4 Å². The quantitative estimate of drug-likeness (QED) is 0.0445. The summed E-state index contributed by atoms with van der Waals surface area (Å²) in [6.07, 6.45) is -3.79. The second-order valence-electron chi connectivity index (χ2n) is 16.8. The summed E-state index contributed by atoms with van der Waals surface area (Å²) in [4.78, 5) is 92.5. The van der Waals surface area contributed by atoms with Crippen LogP contribution in [0.3, 0.4) is 0 Å². The van der Waals surface area contributed by atoms with Crippen LogP contribution in [0.4, 0.5) is 0 Å². The average molecular weight is 921 g/mol. The molecular formula is C51H64N6O10. The van der Waals surface area contributed by atoms with E-state index in [1.54, 1.807) is 97.9 Å². The topological polar surface area (TPSA) is 252 Å². The summed E-state index contributed by atoms with van der Waals surface area (Å²) in [5.74, 6) is -5.49. The summed E-state index contributed by atoms with van der Waals surface area (Å²) in [5, 5.41) is 50.3. The molecule has 0 aliphatic carbocycles. The molecule has 0 spiro atoms. The minimum absolute atomic E-state index is 0.00372. The normalized spacial score (nSPS) is 15.1. The molecule has 0 aliphatic heterocycles. The first-order valence-electron chi connectivity index (χ1n) is 22.5. The molecule has 4 rings (SSSR count). The highest BCUT2D eigenvalue weighted by Gasteiger charge is 2.38. The fourth-order valence-corrected chi connectivity index (χ4v) is 7.66. The van der Waals surface area contributed by atoms with Crippen LogP contribution in [0.25, 0.3) is 0 Å². The van der Waals surface area contributed by atoms with Crippen LogP contribution >= 0.6 is 0 Å². The Balaban J connectivity index is 1.65. The molecule has 0 saturated carbocycles. The molecule has 0 fully saturated rings. The van der Waals surface area contributed by atoms with Crippen molar-refractivity contribution in [2.24, 2.45) is 5.92 Å². The van der Waals surface area contributed by atoms with Crippen LogP contribution in [-0.4, -0.2) is 105 Å². The standard InChI is InChI=1S/C51H64N6O10/c1-5-32(2)45(57-50(66)43(53-34(4)59)31-38-24-16-9-17-25-38)51(67)56-41(29-36-20-12-7-13-21-36)47(63)46(62)40(28-35-18-10-6-11-19-35)55-48(64)39(26-27-44(60)61)54-49(65)42(52-33(3)58)30-37-22-14-8-15-23-37/h6-25,32,39-43,45-47,62-63H,5,26-31H2,1-4H3,(H,52,58)(H,53,59)(H,54,65)(H,55,64)(H,56,67)(H,57,66)(H,60,61)/t32-,39-,40-,41-,42-,43-,45-,46-,47-/m0/s1. The minimum Gasteiger partial charge on any atom is -0.481 e. The molecule has 6 amide bonds. The van der Waals surface area contributed by atoms with E-state index in [0.717, 1.165) is 11.1 Å². The molecule has 358 valence electrons. The van der Waals surface area contributed by atoms with E-state index in [1.165, 1.54) is 13.8 Å². The fourth-order valence-electron chi connectivity index (χ4n) is 7.66. The van der Waals surface area contributed by atoms with Gasteiger partial charge in [-0.3, -0.25) is 33.6 Å². The summed E-state index contributed by atoms with van der Waals surface area (Å²) < 4.78 is 0. The summed E-state index contributed by atoms with van der Waals surface area (Å²) in [5.41, 5.74) is 2.83. The lowest BCUT2D eigenvalue weighted by Gasteiger charge is -2.35. The smallest absolute Gasteiger partial charge is 0.303 e. The monoisotopic (exact) mass is 920 g/mol. The SMILES string of the molecule is CC[C@H](C)[C@H](NC(=O)[C@H](Cc1ccccc1)NC(C)=O)C(=O)N[C@@H](Cc1ccccc1)[C@H](O)[C@@H](O)[C@H](Cc1ccccc1)NC(=O)[C@H](CCC(=O)O)NC(=O)[C@H](Cc1ccccc1)NC(C)=O. The van der Waals surface area contributed by atoms with Crippen molar-refractivity contribution in [1.82, 2.24) is 31.9 Å². The predicted octanol–water partition coefficient (Wildman–Crippen LogP) is 2.54. The van der Waals surface area contributed by atoms with E-state index >= 15 is 0 Å². The van der Waals surface area contributed by atoms with E-state index in [2.05, 4.69) is 31.9 Å². The molecule has 16 nitrogen and oxygen atoms in total. The van der Waals surface area contributed by atoms with Crippen LogP contribution in [0.15, 0.2) is 121 Å². The van der Waals surface area contributed by atoms with Crippen molar-refractivity contribution in [2.75, 3.05) is 0 Å². The third-order valence-corrected chi connectivity index (χ3v) is 11.5. The van der Waals surface area contributed by atoms with Gasteiger partial charge in [-0.1, -0.05) is 142 Å². The maximum atomic E-state index is 14.4. The molecule has 16 heteroatoms. The van der Waals surface area contributed by atoms with Crippen molar-refractivity contribution in [3.05, 3.63) is 144 Å². The number of carbonyl (C=O) groups excluding carboxylic acids is 6.